The second kappa shape index (κ2) is 8.51. The fourth-order valence-electron chi connectivity index (χ4n) is 4.73. The van der Waals surface area contributed by atoms with Gasteiger partial charge in [-0.2, -0.15) is 0 Å². The maximum absolute atomic E-state index is 10.9. The average molecular weight is 399 g/mol. The number of aliphatic hydroxyl groups is 1. The van der Waals surface area contributed by atoms with Crippen LogP contribution in [-0.2, 0) is 12.8 Å². The zero-order chi connectivity index (χ0) is 20.4. The molecule has 1 aliphatic carbocycles. The number of anilines is 1. The number of ether oxygens (including phenoxy) is 3. The van der Waals surface area contributed by atoms with E-state index in [-0.39, 0.29) is 6.04 Å². The topological polar surface area (TPSA) is 54.4 Å². The molecule has 0 unspecified atom stereocenters. The molecule has 0 radical (unpaired) electrons. The summed E-state index contributed by atoms with van der Waals surface area (Å²) in [4.78, 5) is 4.78. The lowest BCUT2D eigenvalue weighted by Crippen LogP contribution is -2.56. The molecule has 1 aliphatic heterocycles. The van der Waals surface area contributed by atoms with Gasteiger partial charge < -0.3 is 24.2 Å². The Labute approximate surface area is 172 Å². The highest BCUT2D eigenvalue weighted by molar-refractivity contribution is 5.58. The van der Waals surface area contributed by atoms with E-state index in [1.807, 2.05) is 30.3 Å². The molecule has 6 nitrogen and oxygen atoms in total. The standard InChI is InChI=1S/C23H30N2O4/c1-27-21-8-9-22(28-2)17-15-20(26)19(14-16(17)21)25-12-10-24(11-13-25)18-6-4-5-7-23(18)29-3/h4-9,19-20,26H,10-15H2,1-3H3/t19-,20+/m1/s1. The van der Waals surface area contributed by atoms with E-state index in [0.29, 0.717) is 6.42 Å². The van der Waals surface area contributed by atoms with Crippen molar-refractivity contribution in [1.29, 1.82) is 0 Å². The summed E-state index contributed by atoms with van der Waals surface area (Å²) in [5.74, 6) is 2.62. The molecule has 1 saturated heterocycles. The second-order valence-corrected chi connectivity index (χ2v) is 7.66. The van der Waals surface area contributed by atoms with Crippen LogP contribution in [0.5, 0.6) is 17.2 Å². The molecule has 2 aromatic rings. The van der Waals surface area contributed by atoms with Gasteiger partial charge >= 0.3 is 0 Å². The summed E-state index contributed by atoms with van der Waals surface area (Å²) in [6.07, 6.45) is 0.944. The van der Waals surface area contributed by atoms with Crippen molar-refractivity contribution >= 4 is 5.69 Å². The number of piperazine rings is 1. The van der Waals surface area contributed by atoms with Crippen molar-refractivity contribution in [2.24, 2.45) is 0 Å². The minimum absolute atomic E-state index is 0.0864. The molecule has 1 heterocycles. The fraction of sp³-hybridized carbons (Fsp3) is 0.478. The normalized spacial score (nSPS) is 22.1. The minimum Gasteiger partial charge on any atom is -0.496 e. The molecule has 1 fully saturated rings. The molecular weight excluding hydrogens is 368 g/mol. The van der Waals surface area contributed by atoms with Crippen molar-refractivity contribution in [3.63, 3.8) is 0 Å². The van der Waals surface area contributed by atoms with Crippen LogP contribution in [0.25, 0.3) is 0 Å². The summed E-state index contributed by atoms with van der Waals surface area (Å²) in [5.41, 5.74) is 3.37. The van der Waals surface area contributed by atoms with Gasteiger partial charge in [0.05, 0.1) is 33.1 Å². The van der Waals surface area contributed by atoms with Gasteiger partial charge in [0, 0.05) is 49.8 Å². The third kappa shape index (κ3) is 3.74. The molecular formula is C23H30N2O4. The van der Waals surface area contributed by atoms with Gasteiger partial charge in [0.2, 0.25) is 0 Å². The van der Waals surface area contributed by atoms with Crippen LogP contribution in [0.4, 0.5) is 5.69 Å². The number of para-hydroxylation sites is 2. The van der Waals surface area contributed by atoms with Gasteiger partial charge in [0.15, 0.2) is 0 Å². The molecule has 6 heteroatoms. The first-order valence-corrected chi connectivity index (χ1v) is 10.2. The van der Waals surface area contributed by atoms with Crippen molar-refractivity contribution in [3.8, 4) is 17.2 Å². The summed E-state index contributed by atoms with van der Waals surface area (Å²) in [6.45, 7) is 3.63. The second-order valence-electron chi connectivity index (χ2n) is 7.66. The molecule has 2 atom stereocenters. The Bertz CT molecular complexity index is 849. The minimum atomic E-state index is -0.415. The zero-order valence-corrected chi connectivity index (χ0v) is 17.4. The largest absolute Gasteiger partial charge is 0.496 e. The van der Waals surface area contributed by atoms with Gasteiger partial charge in [-0.3, -0.25) is 4.90 Å². The number of benzene rings is 2. The van der Waals surface area contributed by atoms with E-state index in [1.165, 1.54) is 0 Å². The van der Waals surface area contributed by atoms with E-state index in [9.17, 15) is 5.11 Å². The maximum atomic E-state index is 10.9. The van der Waals surface area contributed by atoms with E-state index in [4.69, 9.17) is 14.2 Å². The molecule has 4 rings (SSSR count). The molecule has 0 aromatic heterocycles. The number of hydrogen-bond donors (Lipinski definition) is 1. The third-order valence-electron chi connectivity index (χ3n) is 6.26. The number of hydrogen-bond acceptors (Lipinski definition) is 6. The predicted octanol–water partition coefficient (Wildman–Crippen LogP) is 2.36. The smallest absolute Gasteiger partial charge is 0.142 e. The first-order valence-electron chi connectivity index (χ1n) is 10.2. The first kappa shape index (κ1) is 19.9. The molecule has 1 N–H and O–H groups in total. The number of nitrogens with zero attached hydrogens (tertiary/aromatic N) is 2. The van der Waals surface area contributed by atoms with Crippen LogP contribution in [-0.4, -0.2) is 69.7 Å². The molecule has 2 aromatic carbocycles. The highest BCUT2D eigenvalue weighted by atomic mass is 16.5. The van der Waals surface area contributed by atoms with Gasteiger partial charge in [-0.05, 0) is 30.7 Å². The van der Waals surface area contributed by atoms with E-state index in [0.717, 1.165) is 66.7 Å². The maximum Gasteiger partial charge on any atom is 0.142 e. The van der Waals surface area contributed by atoms with Gasteiger partial charge in [0.1, 0.15) is 17.2 Å². The van der Waals surface area contributed by atoms with E-state index >= 15 is 0 Å². The Hall–Kier alpha value is -2.44. The molecule has 0 saturated carbocycles. The number of aliphatic hydroxyl groups excluding tert-OH is 1. The van der Waals surface area contributed by atoms with Crippen molar-refractivity contribution in [3.05, 3.63) is 47.5 Å². The van der Waals surface area contributed by atoms with Crippen LogP contribution >= 0.6 is 0 Å². The van der Waals surface area contributed by atoms with Gasteiger partial charge in [-0.1, -0.05) is 12.1 Å². The average Bonchev–Trinajstić information content (AvgIpc) is 2.78. The summed E-state index contributed by atoms with van der Waals surface area (Å²) in [6, 6.07) is 12.1. The summed E-state index contributed by atoms with van der Waals surface area (Å²) in [5, 5.41) is 10.9. The molecule has 2 aliphatic rings. The van der Waals surface area contributed by atoms with Crippen LogP contribution < -0.4 is 19.1 Å². The summed E-state index contributed by atoms with van der Waals surface area (Å²) in [7, 11) is 5.10. The molecule has 0 bridgehead atoms. The monoisotopic (exact) mass is 398 g/mol. The van der Waals surface area contributed by atoms with Crippen molar-refractivity contribution < 1.29 is 19.3 Å². The van der Waals surface area contributed by atoms with Crippen LogP contribution in [0, 0.1) is 0 Å². The number of methoxy groups -OCH3 is 3. The van der Waals surface area contributed by atoms with Crippen LogP contribution in [0.15, 0.2) is 36.4 Å². The highest BCUT2D eigenvalue weighted by Gasteiger charge is 2.36. The quantitative estimate of drug-likeness (QED) is 0.835. The van der Waals surface area contributed by atoms with Gasteiger partial charge in [0.25, 0.3) is 0 Å². The summed E-state index contributed by atoms with van der Waals surface area (Å²) >= 11 is 0. The molecule has 29 heavy (non-hydrogen) atoms. The lowest BCUT2D eigenvalue weighted by molar-refractivity contribution is 0.0384. The Kier molecular flexibility index (Phi) is 5.83. The van der Waals surface area contributed by atoms with Gasteiger partial charge in [-0.25, -0.2) is 0 Å². The number of rotatable bonds is 5. The Morgan fingerprint density at radius 3 is 1.97 bits per heavy atom. The highest BCUT2D eigenvalue weighted by Crippen LogP contribution is 2.38. The van der Waals surface area contributed by atoms with Crippen molar-refractivity contribution in [1.82, 2.24) is 4.90 Å². The van der Waals surface area contributed by atoms with E-state index in [1.54, 1.807) is 21.3 Å². The van der Waals surface area contributed by atoms with Crippen molar-refractivity contribution in [2.45, 2.75) is 25.0 Å². The molecule has 156 valence electrons. The Morgan fingerprint density at radius 2 is 1.34 bits per heavy atom. The lowest BCUT2D eigenvalue weighted by atomic mass is 9.84. The zero-order valence-electron chi connectivity index (χ0n) is 17.4. The third-order valence-corrected chi connectivity index (χ3v) is 6.26. The van der Waals surface area contributed by atoms with Crippen LogP contribution in [0.3, 0.4) is 0 Å². The fourth-order valence-corrected chi connectivity index (χ4v) is 4.73. The van der Waals surface area contributed by atoms with E-state index < -0.39 is 6.10 Å². The van der Waals surface area contributed by atoms with Crippen LogP contribution in [0.2, 0.25) is 0 Å². The van der Waals surface area contributed by atoms with E-state index in [2.05, 4.69) is 15.9 Å². The molecule has 0 spiro atoms. The van der Waals surface area contributed by atoms with Crippen molar-refractivity contribution in [2.75, 3.05) is 52.4 Å². The van der Waals surface area contributed by atoms with Crippen LogP contribution in [0.1, 0.15) is 11.1 Å². The Morgan fingerprint density at radius 1 is 0.759 bits per heavy atom. The SMILES string of the molecule is COc1ccccc1N1CCN([C@@H]2Cc3c(OC)ccc(OC)c3C[C@@H]2O)CC1. The number of fused-ring (bicyclic) bond motifs is 1. The Balaban J connectivity index is 1.50. The summed E-state index contributed by atoms with van der Waals surface area (Å²) < 4.78 is 16.7. The first-order chi connectivity index (χ1) is 14.2. The predicted molar refractivity (Wildman–Crippen MR) is 114 cm³/mol. The van der Waals surface area contributed by atoms with Gasteiger partial charge in [-0.15, -0.1) is 0 Å². The lowest BCUT2D eigenvalue weighted by Gasteiger charge is -2.44. The molecule has 0 amide bonds.